The molecule has 0 bridgehead atoms. The van der Waals surface area contributed by atoms with Crippen molar-refractivity contribution in [2.45, 2.75) is 32.7 Å². The fourth-order valence-corrected chi connectivity index (χ4v) is 4.16. The van der Waals surface area contributed by atoms with Gasteiger partial charge in [0.2, 0.25) is 15.9 Å². The van der Waals surface area contributed by atoms with Crippen LogP contribution in [0.3, 0.4) is 0 Å². The van der Waals surface area contributed by atoms with Gasteiger partial charge in [-0.2, -0.15) is 0 Å². The van der Waals surface area contributed by atoms with E-state index < -0.39 is 16.1 Å². The zero-order valence-corrected chi connectivity index (χ0v) is 17.6. The van der Waals surface area contributed by atoms with Crippen LogP contribution in [0.25, 0.3) is 0 Å². The normalized spacial score (nSPS) is 12.3. The van der Waals surface area contributed by atoms with Gasteiger partial charge in [-0.3, -0.25) is 9.10 Å². The zero-order chi connectivity index (χ0) is 20.7. The molecular formula is C21H28N2O4S. The average Bonchev–Trinajstić information content (AvgIpc) is 2.65. The minimum Gasteiger partial charge on any atom is -0.497 e. The summed E-state index contributed by atoms with van der Waals surface area (Å²) in [6.45, 7) is 3.98. The molecule has 1 atom stereocenters. The van der Waals surface area contributed by atoms with Gasteiger partial charge >= 0.3 is 0 Å². The Morgan fingerprint density at radius 3 is 2.46 bits per heavy atom. The van der Waals surface area contributed by atoms with Gasteiger partial charge in [0.25, 0.3) is 0 Å². The summed E-state index contributed by atoms with van der Waals surface area (Å²) in [5, 5.41) is 2.84. The van der Waals surface area contributed by atoms with Crippen molar-refractivity contribution in [1.82, 2.24) is 5.32 Å². The van der Waals surface area contributed by atoms with Gasteiger partial charge in [-0.1, -0.05) is 29.8 Å². The first kappa shape index (κ1) is 21.8. The van der Waals surface area contributed by atoms with Crippen LogP contribution in [0.5, 0.6) is 5.75 Å². The van der Waals surface area contributed by atoms with Crippen molar-refractivity contribution < 1.29 is 17.9 Å². The molecule has 0 spiro atoms. The molecule has 0 fully saturated rings. The second-order valence-corrected chi connectivity index (χ2v) is 8.68. The molecule has 28 heavy (non-hydrogen) atoms. The molecule has 0 aliphatic rings. The summed E-state index contributed by atoms with van der Waals surface area (Å²) in [5.74, 6) is 0.480. The van der Waals surface area contributed by atoms with E-state index in [4.69, 9.17) is 4.74 Å². The lowest BCUT2D eigenvalue weighted by molar-refractivity contribution is -0.121. The maximum Gasteiger partial charge on any atom is 0.243 e. The lowest BCUT2D eigenvalue weighted by atomic mass is 10.1. The quantitative estimate of drug-likeness (QED) is 0.652. The van der Waals surface area contributed by atoms with Crippen LogP contribution in [0.1, 0.15) is 24.5 Å². The number of hydrogen-bond donors (Lipinski definition) is 1. The van der Waals surface area contributed by atoms with Crippen LogP contribution >= 0.6 is 0 Å². The molecule has 6 nitrogen and oxygen atoms in total. The van der Waals surface area contributed by atoms with Gasteiger partial charge in [0.15, 0.2) is 0 Å². The fraction of sp³-hybridized carbons (Fsp3) is 0.381. The molecule has 0 unspecified atom stereocenters. The highest BCUT2D eigenvalue weighted by molar-refractivity contribution is 7.92. The van der Waals surface area contributed by atoms with E-state index in [1.54, 1.807) is 26.2 Å². The van der Waals surface area contributed by atoms with Crippen molar-refractivity contribution in [3.05, 3.63) is 59.7 Å². The Hall–Kier alpha value is -2.54. The van der Waals surface area contributed by atoms with Crippen LogP contribution in [0.2, 0.25) is 0 Å². The first-order valence-electron chi connectivity index (χ1n) is 9.19. The predicted molar refractivity (Wildman–Crippen MR) is 112 cm³/mol. The highest BCUT2D eigenvalue weighted by Crippen LogP contribution is 2.21. The van der Waals surface area contributed by atoms with Crippen molar-refractivity contribution in [2.24, 2.45) is 0 Å². The van der Waals surface area contributed by atoms with Crippen molar-refractivity contribution in [3.8, 4) is 5.75 Å². The van der Waals surface area contributed by atoms with E-state index in [1.165, 1.54) is 0 Å². The molecule has 1 amide bonds. The molecule has 152 valence electrons. The number of hydrogen-bond acceptors (Lipinski definition) is 4. The summed E-state index contributed by atoms with van der Waals surface area (Å²) >= 11 is 0. The summed E-state index contributed by atoms with van der Waals surface area (Å²) in [4.78, 5) is 12.5. The monoisotopic (exact) mass is 404 g/mol. The second-order valence-electron chi connectivity index (χ2n) is 6.82. The van der Waals surface area contributed by atoms with Gasteiger partial charge in [0, 0.05) is 6.54 Å². The highest BCUT2D eigenvalue weighted by atomic mass is 32.2. The average molecular weight is 405 g/mol. The number of rotatable bonds is 9. The third-order valence-corrected chi connectivity index (χ3v) is 5.69. The number of carbonyl (C=O) groups excluding carboxylic acids is 1. The molecule has 0 radical (unpaired) electrons. The Morgan fingerprint density at radius 1 is 1.18 bits per heavy atom. The Balaban J connectivity index is 1.96. The lowest BCUT2D eigenvalue weighted by Crippen LogP contribution is -2.48. The minimum atomic E-state index is -3.60. The summed E-state index contributed by atoms with van der Waals surface area (Å²) in [6.07, 6.45) is 2.65. The Labute approximate surface area is 167 Å². The van der Waals surface area contributed by atoms with E-state index in [0.717, 1.165) is 40.3 Å². The zero-order valence-electron chi connectivity index (χ0n) is 16.8. The summed E-state index contributed by atoms with van der Waals surface area (Å²) in [7, 11) is -1.97. The Kier molecular flexibility index (Phi) is 7.45. The van der Waals surface area contributed by atoms with Crippen LogP contribution in [-0.2, 0) is 21.2 Å². The molecule has 0 saturated carbocycles. The van der Waals surface area contributed by atoms with Gasteiger partial charge in [0.1, 0.15) is 11.8 Å². The van der Waals surface area contributed by atoms with Gasteiger partial charge in [-0.25, -0.2) is 8.42 Å². The number of aryl methyl sites for hydroxylation is 2. The van der Waals surface area contributed by atoms with E-state index in [2.05, 4.69) is 5.32 Å². The highest BCUT2D eigenvalue weighted by Gasteiger charge is 2.28. The fourth-order valence-electron chi connectivity index (χ4n) is 2.98. The number of amides is 1. The second kappa shape index (κ2) is 9.59. The molecule has 0 heterocycles. The Morgan fingerprint density at radius 2 is 1.86 bits per heavy atom. The number of anilines is 1. The molecule has 7 heteroatoms. The van der Waals surface area contributed by atoms with Crippen LogP contribution in [0, 0.1) is 6.92 Å². The van der Waals surface area contributed by atoms with E-state index in [1.807, 2.05) is 43.3 Å². The molecule has 2 aromatic rings. The molecule has 0 aromatic heterocycles. The van der Waals surface area contributed by atoms with Gasteiger partial charge < -0.3 is 10.1 Å². The predicted octanol–water partition coefficient (Wildman–Crippen LogP) is 2.91. The molecule has 1 N–H and O–H groups in total. The number of benzene rings is 2. The van der Waals surface area contributed by atoms with Crippen LogP contribution in [0.15, 0.2) is 48.5 Å². The molecular weight excluding hydrogens is 376 g/mol. The number of ether oxygens (including phenoxy) is 1. The first-order valence-corrected chi connectivity index (χ1v) is 11.0. The van der Waals surface area contributed by atoms with Crippen molar-refractivity contribution >= 4 is 21.6 Å². The van der Waals surface area contributed by atoms with E-state index >= 15 is 0 Å². The van der Waals surface area contributed by atoms with Crippen LogP contribution in [-0.4, -0.2) is 40.3 Å². The number of nitrogens with one attached hydrogen (secondary N) is 1. The number of nitrogens with zero attached hydrogens (tertiary/aromatic N) is 1. The third kappa shape index (κ3) is 5.99. The largest absolute Gasteiger partial charge is 0.497 e. The summed E-state index contributed by atoms with van der Waals surface area (Å²) in [6, 6.07) is 14.0. The number of sulfonamides is 1. The third-order valence-electron chi connectivity index (χ3n) is 4.45. The first-order chi connectivity index (χ1) is 13.2. The van der Waals surface area contributed by atoms with Gasteiger partial charge in [-0.05, 0) is 56.5 Å². The van der Waals surface area contributed by atoms with Crippen molar-refractivity contribution in [3.63, 3.8) is 0 Å². The van der Waals surface area contributed by atoms with Crippen molar-refractivity contribution in [2.75, 3.05) is 24.2 Å². The number of methoxy groups -OCH3 is 1. The minimum absolute atomic E-state index is 0.323. The summed E-state index contributed by atoms with van der Waals surface area (Å²) < 4.78 is 30.9. The van der Waals surface area contributed by atoms with E-state index in [0.29, 0.717) is 12.2 Å². The SMILES string of the molecule is COc1cccc(CCCNC(=O)[C@H](C)N(c2ccc(C)cc2)S(C)(=O)=O)c1. The van der Waals surface area contributed by atoms with Crippen LogP contribution < -0.4 is 14.4 Å². The molecule has 0 aliphatic heterocycles. The summed E-state index contributed by atoms with van der Waals surface area (Å²) in [5.41, 5.74) is 2.62. The lowest BCUT2D eigenvalue weighted by Gasteiger charge is -2.28. The number of carbonyl (C=O) groups is 1. The molecule has 2 aromatic carbocycles. The maximum absolute atomic E-state index is 12.5. The molecule has 0 saturated heterocycles. The van der Waals surface area contributed by atoms with E-state index in [-0.39, 0.29) is 5.91 Å². The van der Waals surface area contributed by atoms with Gasteiger partial charge in [0.05, 0.1) is 19.1 Å². The van der Waals surface area contributed by atoms with Crippen LogP contribution in [0.4, 0.5) is 5.69 Å². The van der Waals surface area contributed by atoms with E-state index in [9.17, 15) is 13.2 Å². The smallest absolute Gasteiger partial charge is 0.243 e. The van der Waals surface area contributed by atoms with Crippen molar-refractivity contribution in [1.29, 1.82) is 0 Å². The van der Waals surface area contributed by atoms with Gasteiger partial charge in [-0.15, -0.1) is 0 Å². The Bertz CT molecular complexity index is 895. The molecule has 0 aliphatic carbocycles. The topological polar surface area (TPSA) is 75.7 Å². The maximum atomic E-state index is 12.5. The standard InChI is InChI=1S/C21H28N2O4S/c1-16-10-12-19(13-11-16)23(28(4,25)26)17(2)21(24)22-14-6-8-18-7-5-9-20(15-18)27-3/h5,7,9-13,15,17H,6,8,14H2,1-4H3,(H,22,24)/t17-/m0/s1. The molecule has 2 rings (SSSR count).